The van der Waals surface area contributed by atoms with Gasteiger partial charge in [0, 0.05) is 25.1 Å². The molecule has 0 atom stereocenters. The molecule has 3 rings (SSSR count). The number of amides is 2. The van der Waals surface area contributed by atoms with Gasteiger partial charge in [0.1, 0.15) is 23.4 Å². The molecule has 0 aliphatic carbocycles. The highest BCUT2D eigenvalue weighted by Gasteiger charge is 2.36. The summed E-state index contributed by atoms with van der Waals surface area (Å²) in [6.45, 7) is 21.5. The average Bonchev–Trinajstić information content (AvgIpc) is 3.34. The number of fused-ring (bicyclic) bond motifs is 1. The number of carbonyl (C=O) groups is 3. The van der Waals surface area contributed by atoms with Crippen molar-refractivity contribution in [3.63, 3.8) is 0 Å². The van der Waals surface area contributed by atoms with E-state index in [0.29, 0.717) is 25.1 Å². The first-order valence-electron chi connectivity index (χ1n) is 16.7. The van der Waals surface area contributed by atoms with Gasteiger partial charge in [0.05, 0.1) is 11.4 Å². The van der Waals surface area contributed by atoms with E-state index >= 15 is 0 Å². The molecular weight excluding hydrogens is 646 g/mol. The van der Waals surface area contributed by atoms with Crippen molar-refractivity contribution >= 4 is 33.8 Å². The van der Waals surface area contributed by atoms with E-state index in [4.69, 9.17) is 15.2 Å². The number of nitrogens with two attached hydrogens (primary N) is 1. The Hall–Kier alpha value is -4.13. The zero-order valence-electron chi connectivity index (χ0n) is 31.1. The molecule has 5 N–H and O–H groups in total. The maximum absolute atomic E-state index is 12.8. The van der Waals surface area contributed by atoms with Gasteiger partial charge in [-0.1, -0.05) is 51.1 Å². The van der Waals surface area contributed by atoms with Crippen LogP contribution in [-0.2, 0) is 42.0 Å². The minimum absolute atomic E-state index is 0.0784. The lowest BCUT2D eigenvalue weighted by Crippen LogP contribution is -2.38. The minimum Gasteiger partial charge on any atom is -0.487 e. The molecule has 0 saturated carbocycles. The lowest BCUT2D eigenvalue weighted by Gasteiger charge is -2.19. The number of hydrogen-bond donors (Lipinski definition) is 4. The number of rotatable bonds is 11. The van der Waals surface area contributed by atoms with Gasteiger partial charge in [0.15, 0.2) is 0 Å². The fourth-order valence-corrected chi connectivity index (χ4v) is 6.43. The van der Waals surface area contributed by atoms with Crippen LogP contribution in [0.25, 0.3) is 0 Å². The van der Waals surface area contributed by atoms with E-state index in [1.54, 1.807) is 27.7 Å². The van der Waals surface area contributed by atoms with E-state index in [2.05, 4.69) is 20.3 Å². The van der Waals surface area contributed by atoms with Crippen LogP contribution in [0, 0.1) is 20.8 Å². The van der Waals surface area contributed by atoms with Crippen molar-refractivity contribution in [2.75, 3.05) is 19.6 Å². The van der Waals surface area contributed by atoms with Crippen molar-refractivity contribution in [1.82, 2.24) is 15.4 Å². The Morgan fingerprint density at radius 2 is 1.59 bits per heavy atom. The Morgan fingerprint density at radius 1 is 0.980 bits per heavy atom. The van der Waals surface area contributed by atoms with Gasteiger partial charge in [-0.05, 0) is 90.5 Å². The number of nitrogens with one attached hydrogen (secondary N) is 3. The largest absolute Gasteiger partial charge is 0.487 e. The van der Waals surface area contributed by atoms with Gasteiger partial charge in [0.2, 0.25) is 17.8 Å². The Labute approximate surface area is 293 Å². The molecule has 13 heteroatoms. The van der Waals surface area contributed by atoms with Crippen LogP contribution in [0.2, 0.25) is 0 Å². The normalized spacial score (nSPS) is 13.3. The molecule has 0 radical (unpaired) electrons. The third-order valence-electron chi connectivity index (χ3n) is 7.06. The van der Waals surface area contributed by atoms with Crippen LogP contribution in [0.4, 0.5) is 0 Å². The number of benzene rings is 2. The molecule has 12 nitrogen and oxygen atoms in total. The number of nitrogens with zero attached hydrogens (tertiary/aromatic N) is 1. The van der Waals surface area contributed by atoms with E-state index in [1.165, 1.54) is 0 Å². The molecule has 0 aromatic heterocycles. The van der Waals surface area contributed by atoms with Gasteiger partial charge < -0.3 is 25.8 Å². The molecular formula is C36H57N5O7S. The Morgan fingerprint density at radius 3 is 2.16 bits per heavy atom. The Kier molecular flexibility index (Phi) is 16.8. The summed E-state index contributed by atoms with van der Waals surface area (Å²) in [5, 5.41) is 5.10. The first kappa shape index (κ1) is 42.9. The summed E-state index contributed by atoms with van der Waals surface area (Å²) in [4.78, 5) is 38.9. The summed E-state index contributed by atoms with van der Waals surface area (Å²) in [5.41, 5.74) is 9.08. The summed E-state index contributed by atoms with van der Waals surface area (Å²) < 4.78 is 39.1. The summed E-state index contributed by atoms with van der Waals surface area (Å²) in [6.07, 6.45) is 1.80. The van der Waals surface area contributed by atoms with Gasteiger partial charge in [-0.25, -0.2) is 13.1 Å². The highest BCUT2D eigenvalue weighted by Crippen LogP contribution is 2.43. The molecule has 1 heterocycles. The van der Waals surface area contributed by atoms with E-state index in [1.807, 2.05) is 78.8 Å². The third-order valence-corrected chi connectivity index (χ3v) is 8.68. The van der Waals surface area contributed by atoms with Crippen LogP contribution in [0.5, 0.6) is 5.75 Å². The molecule has 0 fully saturated rings. The first-order chi connectivity index (χ1) is 22.8. The maximum atomic E-state index is 12.8. The SMILES string of the molecule is CC.CC(C)(C)OC(=O)CC(=O)NCC(=O)NCCc1ccccc1.CCCN=C(N)NS(=O)(=O)c1c(C)c(C)c2c(c1C)CC(C)(C)O2. The van der Waals surface area contributed by atoms with Gasteiger partial charge in [-0.2, -0.15) is 0 Å². The predicted octanol–water partition coefficient (Wildman–Crippen LogP) is 4.55. The quantitative estimate of drug-likeness (QED) is 0.114. The van der Waals surface area contributed by atoms with E-state index in [-0.39, 0.29) is 28.9 Å². The zero-order valence-corrected chi connectivity index (χ0v) is 31.9. The van der Waals surface area contributed by atoms with E-state index < -0.39 is 33.9 Å². The smallest absolute Gasteiger partial charge is 0.315 e. The van der Waals surface area contributed by atoms with Crippen LogP contribution in [-0.4, -0.2) is 63.0 Å². The van der Waals surface area contributed by atoms with Crippen LogP contribution < -0.4 is 25.8 Å². The van der Waals surface area contributed by atoms with Crippen molar-refractivity contribution < 1.29 is 32.3 Å². The second kappa shape index (κ2) is 19.2. The predicted molar refractivity (Wildman–Crippen MR) is 194 cm³/mol. The minimum atomic E-state index is -3.79. The molecule has 0 saturated heterocycles. The van der Waals surface area contributed by atoms with Crippen LogP contribution in [0.15, 0.2) is 40.2 Å². The van der Waals surface area contributed by atoms with Gasteiger partial charge in [-0.15, -0.1) is 0 Å². The van der Waals surface area contributed by atoms with E-state index in [0.717, 1.165) is 40.8 Å². The van der Waals surface area contributed by atoms with Crippen LogP contribution in [0.3, 0.4) is 0 Å². The first-order valence-corrected chi connectivity index (χ1v) is 18.2. The highest BCUT2D eigenvalue weighted by atomic mass is 32.2. The lowest BCUT2D eigenvalue weighted by atomic mass is 9.94. The molecule has 2 amide bonds. The standard InChI is InChI=1S/C17H27N3O3S.C17H24N2O4.C2H6/c1-7-8-19-16(18)20-24(21,22)15-11(3)10(2)14-13(12(15)4)9-17(5,6)23-14;1-17(2,3)23-16(22)11-14(20)19-12-15(21)18-10-9-13-7-5-4-6-8-13;1-2/h7-9H2,1-6H3,(H3,18,19,20);4-8H,9-12H2,1-3H3,(H,18,21)(H,19,20);1-2H3. The average molecular weight is 704 g/mol. The van der Waals surface area contributed by atoms with Gasteiger partial charge >= 0.3 is 5.97 Å². The topological polar surface area (TPSA) is 178 Å². The maximum Gasteiger partial charge on any atom is 0.315 e. The third kappa shape index (κ3) is 14.5. The second-order valence-corrected chi connectivity index (χ2v) is 14.7. The number of carbonyl (C=O) groups excluding carboxylic acids is 3. The molecule has 49 heavy (non-hydrogen) atoms. The van der Waals surface area contributed by atoms with Crippen LogP contribution in [0.1, 0.15) is 96.0 Å². The summed E-state index contributed by atoms with van der Waals surface area (Å²) in [5.74, 6) is -0.706. The molecule has 2 aromatic rings. The monoisotopic (exact) mass is 703 g/mol. The fourth-order valence-electron chi connectivity index (χ4n) is 4.90. The number of guanidine groups is 1. The number of ether oxygens (including phenoxy) is 2. The number of sulfonamides is 1. The molecule has 1 aliphatic rings. The molecule has 0 spiro atoms. The van der Waals surface area contributed by atoms with Crippen molar-refractivity contribution in [2.45, 2.75) is 118 Å². The van der Waals surface area contributed by atoms with Crippen molar-refractivity contribution in [1.29, 1.82) is 0 Å². The van der Waals surface area contributed by atoms with Gasteiger partial charge in [0.25, 0.3) is 10.0 Å². The highest BCUT2D eigenvalue weighted by molar-refractivity contribution is 7.90. The zero-order chi connectivity index (χ0) is 37.6. The molecule has 274 valence electrons. The Bertz CT molecular complexity index is 1560. The summed E-state index contributed by atoms with van der Waals surface area (Å²) in [6, 6.07) is 9.77. The summed E-state index contributed by atoms with van der Waals surface area (Å²) >= 11 is 0. The number of aliphatic imine (C=N–C) groups is 1. The lowest BCUT2D eigenvalue weighted by molar-refractivity contribution is -0.156. The molecule has 2 aromatic carbocycles. The van der Waals surface area contributed by atoms with Crippen LogP contribution >= 0.6 is 0 Å². The second-order valence-electron chi connectivity index (χ2n) is 13.0. The summed E-state index contributed by atoms with van der Waals surface area (Å²) in [7, 11) is -3.79. The van der Waals surface area contributed by atoms with Crippen molar-refractivity contribution in [3.8, 4) is 5.75 Å². The fraction of sp³-hybridized carbons (Fsp3) is 0.556. The Balaban J connectivity index is 0.000000467. The molecule has 1 aliphatic heterocycles. The number of hydrogen-bond acceptors (Lipinski definition) is 8. The van der Waals surface area contributed by atoms with Crippen molar-refractivity contribution in [3.05, 3.63) is 58.1 Å². The number of esters is 1. The van der Waals surface area contributed by atoms with Crippen molar-refractivity contribution in [2.24, 2.45) is 10.7 Å². The molecule has 0 unspecified atom stereocenters. The van der Waals surface area contributed by atoms with E-state index in [9.17, 15) is 22.8 Å². The van der Waals surface area contributed by atoms with Gasteiger partial charge in [-0.3, -0.25) is 19.4 Å². The molecule has 0 bridgehead atoms.